The molecule has 0 atom stereocenters. The zero-order valence-electron chi connectivity index (χ0n) is 11.7. The maximum atomic E-state index is 5.91. The summed E-state index contributed by atoms with van der Waals surface area (Å²) in [6, 6.07) is 23.9. The molecule has 0 amide bonds. The molecule has 0 unspecified atom stereocenters. The Bertz CT molecular complexity index is 713. The van der Waals surface area contributed by atoms with Gasteiger partial charge < -0.3 is 4.74 Å². The van der Waals surface area contributed by atoms with Crippen molar-refractivity contribution in [2.45, 2.75) is 6.92 Å². The van der Waals surface area contributed by atoms with E-state index in [-0.39, 0.29) is 0 Å². The predicted molar refractivity (Wildman–Crippen MR) is 88.1 cm³/mol. The fraction of sp³-hybridized carbons (Fsp3) is 0.0526. The second-order valence-electron chi connectivity index (χ2n) is 4.95. The number of hydrogen-bond donors (Lipinski definition) is 0. The topological polar surface area (TPSA) is 9.23 Å². The first kappa shape index (κ1) is 13.7. The van der Waals surface area contributed by atoms with E-state index in [1.807, 2.05) is 72.8 Å². The van der Waals surface area contributed by atoms with Crippen molar-refractivity contribution in [1.82, 2.24) is 0 Å². The molecular formula is C19H15ClO. The molecule has 0 fully saturated rings. The Morgan fingerprint density at radius 2 is 1.05 bits per heavy atom. The summed E-state index contributed by atoms with van der Waals surface area (Å²) in [5, 5.41) is 0.748. The summed E-state index contributed by atoms with van der Waals surface area (Å²) >= 11 is 5.91. The molecule has 3 aromatic rings. The molecule has 104 valence electrons. The lowest BCUT2D eigenvalue weighted by molar-refractivity contribution is 0.482. The van der Waals surface area contributed by atoms with Crippen LogP contribution in [0.2, 0.25) is 5.02 Å². The average Bonchev–Trinajstić information content (AvgIpc) is 2.51. The maximum absolute atomic E-state index is 5.91. The van der Waals surface area contributed by atoms with Crippen molar-refractivity contribution in [3.05, 3.63) is 83.4 Å². The molecule has 0 aliphatic rings. The van der Waals surface area contributed by atoms with Gasteiger partial charge in [0.1, 0.15) is 11.5 Å². The number of hydrogen-bond acceptors (Lipinski definition) is 1. The van der Waals surface area contributed by atoms with E-state index in [0.29, 0.717) is 0 Å². The predicted octanol–water partition coefficient (Wildman–Crippen LogP) is 6.11. The van der Waals surface area contributed by atoms with Gasteiger partial charge in [0.25, 0.3) is 0 Å². The zero-order chi connectivity index (χ0) is 14.7. The molecular weight excluding hydrogens is 280 g/mol. The number of halogens is 1. The highest BCUT2D eigenvalue weighted by Gasteiger charge is 2.00. The largest absolute Gasteiger partial charge is 0.457 e. The van der Waals surface area contributed by atoms with Crippen LogP contribution in [0.3, 0.4) is 0 Å². The number of aryl methyl sites for hydroxylation is 1. The lowest BCUT2D eigenvalue weighted by atomic mass is 10.1. The second kappa shape index (κ2) is 6.02. The minimum absolute atomic E-state index is 0.748. The molecule has 1 nitrogen and oxygen atoms in total. The zero-order valence-corrected chi connectivity index (χ0v) is 12.5. The Labute approximate surface area is 129 Å². The van der Waals surface area contributed by atoms with Crippen molar-refractivity contribution >= 4 is 11.6 Å². The first-order valence-corrected chi connectivity index (χ1v) is 7.19. The number of rotatable bonds is 3. The van der Waals surface area contributed by atoms with E-state index < -0.39 is 0 Å². The molecule has 0 N–H and O–H groups in total. The molecule has 0 saturated carbocycles. The highest BCUT2D eigenvalue weighted by Crippen LogP contribution is 2.26. The van der Waals surface area contributed by atoms with Crippen LogP contribution >= 0.6 is 11.6 Å². The second-order valence-corrected chi connectivity index (χ2v) is 5.38. The van der Waals surface area contributed by atoms with Gasteiger partial charge in [0.2, 0.25) is 0 Å². The van der Waals surface area contributed by atoms with Crippen LogP contribution in [-0.4, -0.2) is 0 Å². The van der Waals surface area contributed by atoms with E-state index in [0.717, 1.165) is 27.6 Å². The third-order valence-corrected chi connectivity index (χ3v) is 3.54. The normalized spacial score (nSPS) is 10.4. The van der Waals surface area contributed by atoms with Crippen LogP contribution in [0.1, 0.15) is 5.56 Å². The Balaban J connectivity index is 1.77. The van der Waals surface area contributed by atoms with E-state index in [4.69, 9.17) is 16.3 Å². The molecule has 0 radical (unpaired) electrons. The van der Waals surface area contributed by atoms with Crippen molar-refractivity contribution in [2.24, 2.45) is 0 Å². The Kier molecular flexibility index (Phi) is 3.94. The smallest absolute Gasteiger partial charge is 0.127 e. The van der Waals surface area contributed by atoms with E-state index in [1.54, 1.807) is 0 Å². The van der Waals surface area contributed by atoms with Crippen molar-refractivity contribution in [3.8, 4) is 22.6 Å². The van der Waals surface area contributed by atoms with Gasteiger partial charge >= 0.3 is 0 Å². The molecule has 0 saturated heterocycles. The maximum Gasteiger partial charge on any atom is 0.127 e. The van der Waals surface area contributed by atoms with Crippen molar-refractivity contribution in [3.63, 3.8) is 0 Å². The van der Waals surface area contributed by atoms with E-state index in [1.165, 1.54) is 5.56 Å². The fourth-order valence-electron chi connectivity index (χ4n) is 2.10. The summed E-state index contributed by atoms with van der Waals surface area (Å²) in [4.78, 5) is 0. The lowest BCUT2D eigenvalue weighted by Gasteiger charge is -2.07. The van der Waals surface area contributed by atoms with Crippen molar-refractivity contribution in [1.29, 1.82) is 0 Å². The Hall–Kier alpha value is -2.25. The summed E-state index contributed by atoms with van der Waals surface area (Å²) in [5.41, 5.74) is 3.50. The monoisotopic (exact) mass is 294 g/mol. The minimum Gasteiger partial charge on any atom is -0.457 e. The molecule has 0 spiro atoms. The van der Waals surface area contributed by atoms with Gasteiger partial charge in [-0.3, -0.25) is 0 Å². The van der Waals surface area contributed by atoms with Crippen LogP contribution < -0.4 is 4.74 Å². The van der Waals surface area contributed by atoms with Gasteiger partial charge in [0, 0.05) is 5.02 Å². The summed E-state index contributed by atoms with van der Waals surface area (Å²) in [6.07, 6.45) is 0. The molecule has 2 heteroatoms. The number of benzene rings is 3. The number of ether oxygens (including phenoxy) is 1. The van der Waals surface area contributed by atoms with Crippen LogP contribution in [-0.2, 0) is 0 Å². The third kappa shape index (κ3) is 3.45. The van der Waals surface area contributed by atoms with Crippen LogP contribution in [0.5, 0.6) is 11.5 Å². The minimum atomic E-state index is 0.748. The highest BCUT2D eigenvalue weighted by atomic mass is 35.5. The fourth-order valence-corrected chi connectivity index (χ4v) is 2.23. The summed E-state index contributed by atoms with van der Waals surface area (Å²) in [5.74, 6) is 1.68. The van der Waals surface area contributed by atoms with Crippen LogP contribution in [0.15, 0.2) is 72.8 Å². The van der Waals surface area contributed by atoms with Crippen LogP contribution in [0.25, 0.3) is 11.1 Å². The van der Waals surface area contributed by atoms with Crippen LogP contribution in [0, 0.1) is 6.92 Å². The van der Waals surface area contributed by atoms with E-state index >= 15 is 0 Å². The Morgan fingerprint density at radius 1 is 0.619 bits per heavy atom. The van der Waals surface area contributed by atoms with Crippen molar-refractivity contribution in [2.75, 3.05) is 0 Å². The molecule has 3 aromatic carbocycles. The lowest BCUT2D eigenvalue weighted by Crippen LogP contribution is -1.84. The molecule has 0 aliphatic heterocycles. The van der Waals surface area contributed by atoms with Gasteiger partial charge in [0.15, 0.2) is 0 Å². The quantitative estimate of drug-likeness (QED) is 0.566. The molecule has 21 heavy (non-hydrogen) atoms. The average molecular weight is 295 g/mol. The van der Waals surface area contributed by atoms with Gasteiger partial charge in [-0.05, 0) is 54.4 Å². The highest BCUT2D eigenvalue weighted by molar-refractivity contribution is 6.30. The SMILES string of the molecule is Cc1ccc(Oc2ccc(-c3ccc(Cl)cc3)cc2)cc1. The van der Waals surface area contributed by atoms with Gasteiger partial charge in [-0.15, -0.1) is 0 Å². The van der Waals surface area contributed by atoms with Gasteiger partial charge in [-0.2, -0.15) is 0 Å². The standard InChI is InChI=1S/C19H15ClO/c1-14-2-10-18(11-3-14)21-19-12-6-16(7-13-19)15-4-8-17(20)9-5-15/h2-13H,1H3. The summed E-state index contributed by atoms with van der Waals surface area (Å²) < 4.78 is 5.82. The van der Waals surface area contributed by atoms with E-state index in [2.05, 4.69) is 6.92 Å². The van der Waals surface area contributed by atoms with Gasteiger partial charge in [0.05, 0.1) is 0 Å². The van der Waals surface area contributed by atoms with Gasteiger partial charge in [-0.1, -0.05) is 53.6 Å². The first-order chi connectivity index (χ1) is 10.2. The van der Waals surface area contributed by atoms with Crippen molar-refractivity contribution < 1.29 is 4.74 Å². The molecule has 0 bridgehead atoms. The molecule has 0 aliphatic carbocycles. The molecule has 3 rings (SSSR count). The summed E-state index contributed by atoms with van der Waals surface area (Å²) in [7, 11) is 0. The Morgan fingerprint density at radius 3 is 1.57 bits per heavy atom. The molecule has 0 aromatic heterocycles. The summed E-state index contributed by atoms with van der Waals surface area (Å²) in [6.45, 7) is 2.06. The van der Waals surface area contributed by atoms with Crippen LogP contribution in [0.4, 0.5) is 0 Å². The van der Waals surface area contributed by atoms with Gasteiger partial charge in [-0.25, -0.2) is 0 Å². The first-order valence-electron chi connectivity index (χ1n) is 6.81. The molecule has 0 heterocycles. The third-order valence-electron chi connectivity index (χ3n) is 3.29. The van der Waals surface area contributed by atoms with E-state index in [9.17, 15) is 0 Å².